The third-order valence-electron chi connectivity index (χ3n) is 4.54. The quantitative estimate of drug-likeness (QED) is 0.364. The third kappa shape index (κ3) is 9.96. The van der Waals surface area contributed by atoms with Gasteiger partial charge in [0.05, 0.1) is 0 Å². The summed E-state index contributed by atoms with van der Waals surface area (Å²) in [4.78, 5) is 10.8. The lowest BCUT2D eigenvalue weighted by Gasteiger charge is -2.02. The molecule has 0 aromatic heterocycles. The van der Waals surface area contributed by atoms with Gasteiger partial charge in [-0.3, -0.25) is 0 Å². The van der Waals surface area contributed by atoms with E-state index in [9.17, 15) is 9.90 Å². The molecule has 0 aliphatic carbocycles. The molecule has 0 fully saturated rings. The number of phenols is 1. The molecule has 0 bridgehead atoms. The molecule has 140 valence electrons. The summed E-state index contributed by atoms with van der Waals surface area (Å²) >= 11 is 0. The van der Waals surface area contributed by atoms with E-state index >= 15 is 0 Å². The highest BCUT2D eigenvalue weighted by molar-refractivity contribution is 5.91. The number of benzene rings is 1. The van der Waals surface area contributed by atoms with Gasteiger partial charge in [-0.05, 0) is 30.5 Å². The number of aromatic carboxylic acids is 1. The Morgan fingerprint density at radius 1 is 0.920 bits per heavy atom. The lowest BCUT2D eigenvalue weighted by Crippen LogP contribution is -1.96. The van der Waals surface area contributed by atoms with Gasteiger partial charge in [0.15, 0.2) is 0 Å². The maximum atomic E-state index is 10.8. The summed E-state index contributed by atoms with van der Waals surface area (Å²) in [5, 5.41) is 18.5. The minimum atomic E-state index is -1.10. The molecular formula is C22H34O3. The first-order valence-corrected chi connectivity index (χ1v) is 9.88. The second-order valence-corrected chi connectivity index (χ2v) is 6.81. The van der Waals surface area contributed by atoms with Gasteiger partial charge in [0, 0.05) is 0 Å². The molecule has 0 amide bonds. The van der Waals surface area contributed by atoms with Crippen LogP contribution in [0.1, 0.15) is 99.9 Å². The van der Waals surface area contributed by atoms with Crippen molar-refractivity contribution in [2.45, 2.75) is 84.0 Å². The number of allylic oxidation sites excluding steroid dienone is 1. The molecule has 3 nitrogen and oxygen atoms in total. The Kier molecular flexibility index (Phi) is 11.5. The molecule has 0 saturated carbocycles. The van der Waals surface area contributed by atoms with Crippen LogP contribution in [0.3, 0.4) is 0 Å². The number of unbranched alkanes of at least 4 members (excludes halogenated alkanes) is 11. The van der Waals surface area contributed by atoms with Gasteiger partial charge in [0.1, 0.15) is 11.3 Å². The van der Waals surface area contributed by atoms with Crippen LogP contribution in [0.15, 0.2) is 24.3 Å². The number of aromatic hydroxyl groups is 1. The van der Waals surface area contributed by atoms with Crippen LogP contribution in [0.4, 0.5) is 0 Å². The first kappa shape index (κ1) is 21.3. The lowest BCUT2D eigenvalue weighted by molar-refractivity contribution is 0.0693. The number of carboxylic acids is 1. The zero-order valence-corrected chi connectivity index (χ0v) is 15.7. The maximum Gasteiger partial charge on any atom is 0.339 e. The van der Waals surface area contributed by atoms with E-state index in [1.165, 1.54) is 82.8 Å². The molecule has 2 N–H and O–H groups in total. The Hall–Kier alpha value is -1.77. The fraction of sp³-hybridized carbons (Fsp3) is 0.591. The van der Waals surface area contributed by atoms with Gasteiger partial charge in [0.25, 0.3) is 0 Å². The average Bonchev–Trinajstić information content (AvgIpc) is 2.58. The molecule has 1 rings (SSSR count). The summed E-state index contributed by atoms with van der Waals surface area (Å²) in [6.07, 6.45) is 19.9. The van der Waals surface area contributed by atoms with Crippen LogP contribution in [0.5, 0.6) is 5.75 Å². The molecule has 3 heteroatoms. The number of rotatable bonds is 14. The zero-order chi connectivity index (χ0) is 18.3. The van der Waals surface area contributed by atoms with Gasteiger partial charge in [-0.1, -0.05) is 89.4 Å². The molecule has 0 aliphatic heterocycles. The standard InChI is InChI=1S/C22H34O3/c1-2-3-4-5-6-7-8-9-10-11-12-13-14-15-19-16-17-20(22(24)25)21(23)18-19/h14-18,23H,2-13H2,1H3,(H,24,25)/b15-14+. The summed E-state index contributed by atoms with van der Waals surface area (Å²) in [6.45, 7) is 2.26. The van der Waals surface area contributed by atoms with E-state index in [0.29, 0.717) is 0 Å². The van der Waals surface area contributed by atoms with E-state index < -0.39 is 5.97 Å². The third-order valence-corrected chi connectivity index (χ3v) is 4.54. The van der Waals surface area contributed by atoms with Crippen molar-refractivity contribution < 1.29 is 15.0 Å². The first-order chi connectivity index (χ1) is 12.1. The molecule has 0 aliphatic rings. The molecular weight excluding hydrogens is 312 g/mol. The Morgan fingerprint density at radius 2 is 1.48 bits per heavy atom. The summed E-state index contributed by atoms with van der Waals surface area (Å²) in [5.41, 5.74) is 0.785. The molecule has 0 unspecified atom stereocenters. The van der Waals surface area contributed by atoms with Crippen LogP contribution < -0.4 is 0 Å². The molecule has 0 saturated heterocycles. The highest BCUT2D eigenvalue weighted by atomic mass is 16.4. The lowest BCUT2D eigenvalue weighted by atomic mass is 10.0. The van der Waals surface area contributed by atoms with Crippen molar-refractivity contribution in [3.8, 4) is 5.75 Å². The molecule has 0 spiro atoms. The molecule has 0 atom stereocenters. The summed E-state index contributed by atoms with van der Waals surface area (Å²) in [7, 11) is 0. The predicted molar refractivity (Wildman–Crippen MR) is 105 cm³/mol. The van der Waals surface area contributed by atoms with Gasteiger partial charge in [-0.15, -0.1) is 0 Å². The van der Waals surface area contributed by atoms with E-state index in [0.717, 1.165) is 12.0 Å². The van der Waals surface area contributed by atoms with Crippen molar-refractivity contribution in [3.63, 3.8) is 0 Å². The van der Waals surface area contributed by atoms with Gasteiger partial charge < -0.3 is 10.2 Å². The molecule has 0 radical (unpaired) electrons. The highest BCUT2D eigenvalue weighted by Crippen LogP contribution is 2.20. The smallest absolute Gasteiger partial charge is 0.339 e. The van der Waals surface area contributed by atoms with Crippen molar-refractivity contribution in [1.82, 2.24) is 0 Å². The molecule has 1 aromatic carbocycles. The highest BCUT2D eigenvalue weighted by Gasteiger charge is 2.08. The molecule has 1 aromatic rings. The van der Waals surface area contributed by atoms with Crippen LogP contribution in [0.2, 0.25) is 0 Å². The van der Waals surface area contributed by atoms with E-state index in [-0.39, 0.29) is 11.3 Å². The van der Waals surface area contributed by atoms with Gasteiger partial charge in [-0.25, -0.2) is 4.79 Å². The number of carboxylic acid groups (broad SMARTS) is 1. The van der Waals surface area contributed by atoms with Gasteiger partial charge >= 0.3 is 5.97 Å². The number of carbonyl (C=O) groups is 1. The maximum absolute atomic E-state index is 10.8. The van der Waals surface area contributed by atoms with E-state index in [4.69, 9.17) is 5.11 Å². The Balaban J connectivity index is 2.03. The minimum absolute atomic E-state index is 0.0532. The average molecular weight is 347 g/mol. The van der Waals surface area contributed by atoms with Crippen molar-refractivity contribution in [2.75, 3.05) is 0 Å². The SMILES string of the molecule is CCCCCCCCCCCCC/C=C/c1ccc(C(=O)O)c(O)c1. The second kappa shape index (κ2) is 13.5. The van der Waals surface area contributed by atoms with Crippen molar-refractivity contribution >= 4 is 12.0 Å². The zero-order valence-electron chi connectivity index (χ0n) is 15.7. The molecule has 25 heavy (non-hydrogen) atoms. The Bertz CT molecular complexity index is 520. The monoisotopic (exact) mass is 346 g/mol. The number of hydrogen-bond donors (Lipinski definition) is 2. The normalized spacial score (nSPS) is 11.2. The Morgan fingerprint density at radius 3 is 2.00 bits per heavy atom. The number of hydrogen-bond acceptors (Lipinski definition) is 2. The minimum Gasteiger partial charge on any atom is -0.507 e. The summed E-state index contributed by atoms with van der Waals surface area (Å²) < 4.78 is 0. The van der Waals surface area contributed by atoms with E-state index in [1.54, 1.807) is 6.07 Å². The predicted octanol–water partition coefficient (Wildman–Crippen LogP) is 6.80. The summed E-state index contributed by atoms with van der Waals surface area (Å²) in [5.74, 6) is -1.28. The first-order valence-electron chi connectivity index (χ1n) is 9.88. The van der Waals surface area contributed by atoms with Crippen molar-refractivity contribution in [1.29, 1.82) is 0 Å². The fourth-order valence-corrected chi connectivity index (χ4v) is 2.98. The summed E-state index contributed by atoms with van der Waals surface area (Å²) in [6, 6.07) is 4.67. The van der Waals surface area contributed by atoms with Crippen LogP contribution >= 0.6 is 0 Å². The topological polar surface area (TPSA) is 57.5 Å². The van der Waals surface area contributed by atoms with Crippen molar-refractivity contribution in [2.24, 2.45) is 0 Å². The van der Waals surface area contributed by atoms with Crippen LogP contribution in [0.25, 0.3) is 6.08 Å². The van der Waals surface area contributed by atoms with Crippen molar-refractivity contribution in [3.05, 3.63) is 35.4 Å². The van der Waals surface area contributed by atoms with E-state index in [1.807, 2.05) is 6.08 Å². The fourth-order valence-electron chi connectivity index (χ4n) is 2.98. The van der Waals surface area contributed by atoms with E-state index in [2.05, 4.69) is 13.0 Å². The Labute approximate surface area is 152 Å². The van der Waals surface area contributed by atoms with Gasteiger partial charge in [-0.2, -0.15) is 0 Å². The largest absolute Gasteiger partial charge is 0.507 e. The van der Waals surface area contributed by atoms with Crippen LogP contribution in [0, 0.1) is 0 Å². The second-order valence-electron chi connectivity index (χ2n) is 6.81. The van der Waals surface area contributed by atoms with Crippen LogP contribution in [-0.4, -0.2) is 16.2 Å². The van der Waals surface area contributed by atoms with Gasteiger partial charge in [0.2, 0.25) is 0 Å². The van der Waals surface area contributed by atoms with Crippen LogP contribution in [-0.2, 0) is 0 Å². The molecule has 0 heterocycles.